The minimum Gasteiger partial charge on any atom is -0.369 e. The van der Waals surface area contributed by atoms with E-state index >= 15 is 0 Å². The van der Waals surface area contributed by atoms with Gasteiger partial charge >= 0.3 is 0 Å². The first-order valence-corrected chi connectivity index (χ1v) is 11.4. The number of anilines is 2. The Hall–Kier alpha value is -1.70. The van der Waals surface area contributed by atoms with Crippen LogP contribution in [0.25, 0.3) is 0 Å². The lowest BCUT2D eigenvalue weighted by molar-refractivity contribution is 0.280. The standard InChI is InChI=1S/C19H30N6O2S/c1-16-13-22(15-20)14-19(16)25-11-10-24(28(25,26)27)18-5-3-4-17(12-18)23-8-6-21(2)7-9-23/h3-5,12,16,19,26-27H,6-11,13-14H2,1-2H3/t16-,19-/m0/s1. The molecule has 8 nitrogen and oxygen atoms in total. The zero-order valence-corrected chi connectivity index (χ0v) is 17.4. The largest absolute Gasteiger partial charge is 0.369 e. The Morgan fingerprint density at radius 2 is 1.75 bits per heavy atom. The zero-order chi connectivity index (χ0) is 19.9. The van der Waals surface area contributed by atoms with Crippen LogP contribution in [0.3, 0.4) is 0 Å². The molecule has 0 aromatic heterocycles. The Labute approximate surface area is 169 Å². The lowest BCUT2D eigenvalue weighted by Crippen LogP contribution is -2.44. The van der Waals surface area contributed by atoms with E-state index < -0.39 is 11.0 Å². The van der Waals surface area contributed by atoms with Gasteiger partial charge in [0.05, 0.1) is 18.3 Å². The van der Waals surface area contributed by atoms with E-state index in [1.54, 1.807) is 9.21 Å². The Bertz CT molecular complexity index is 748. The number of piperazine rings is 1. The maximum atomic E-state index is 11.1. The summed E-state index contributed by atoms with van der Waals surface area (Å²) in [6.07, 6.45) is 2.20. The number of likely N-dealkylation sites (N-methyl/N-ethyl adjacent to an activating group) is 1. The monoisotopic (exact) mass is 406 g/mol. The lowest BCUT2D eigenvalue weighted by Gasteiger charge is -2.46. The number of hydrogen-bond donors (Lipinski definition) is 2. The fourth-order valence-corrected chi connectivity index (χ4v) is 6.44. The van der Waals surface area contributed by atoms with Crippen LogP contribution >= 0.6 is 11.0 Å². The molecule has 1 aromatic rings. The molecular weight excluding hydrogens is 376 g/mol. The van der Waals surface area contributed by atoms with Gasteiger partial charge in [-0.1, -0.05) is 24.0 Å². The van der Waals surface area contributed by atoms with Crippen molar-refractivity contribution in [2.45, 2.75) is 13.0 Å². The molecule has 154 valence electrons. The molecule has 0 spiro atoms. The topological polar surface area (TPSA) is 80.5 Å². The summed E-state index contributed by atoms with van der Waals surface area (Å²) in [5.74, 6) is 0.224. The first-order valence-electron chi connectivity index (χ1n) is 9.91. The van der Waals surface area contributed by atoms with Gasteiger partial charge < -0.3 is 14.7 Å². The van der Waals surface area contributed by atoms with Crippen molar-refractivity contribution < 1.29 is 9.11 Å². The van der Waals surface area contributed by atoms with Crippen molar-refractivity contribution in [3.05, 3.63) is 24.3 Å². The first kappa shape index (κ1) is 19.6. The number of hydrogen-bond acceptors (Lipinski definition) is 8. The van der Waals surface area contributed by atoms with Gasteiger partial charge in [0, 0.05) is 51.5 Å². The average molecular weight is 407 g/mol. The van der Waals surface area contributed by atoms with E-state index in [4.69, 9.17) is 0 Å². The van der Waals surface area contributed by atoms with Crippen LogP contribution in [0, 0.1) is 17.4 Å². The summed E-state index contributed by atoms with van der Waals surface area (Å²) >= 11 is 0. The quantitative estimate of drug-likeness (QED) is 0.738. The predicted octanol–water partition coefficient (Wildman–Crippen LogP) is 1.94. The van der Waals surface area contributed by atoms with Gasteiger partial charge in [-0.05, 0) is 31.2 Å². The summed E-state index contributed by atoms with van der Waals surface area (Å²) in [6.45, 7) is 8.50. The van der Waals surface area contributed by atoms with Crippen LogP contribution in [0.5, 0.6) is 0 Å². The van der Waals surface area contributed by atoms with E-state index in [1.165, 1.54) is 0 Å². The minimum absolute atomic E-state index is 0.0181. The molecule has 0 radical (unpaired) electrons. The normalized spacial score (nSPS) is 29.9. The maximum absolute atomic E-state index is 11.1. The van der Waals surface area contributed by atoms with Crippen LogP contribution in [0.2, 0.25) is 0 Å². The summed E-state index contributed by atoms with van der Waals surface area (Å²) in [5, 5.41) is 9.20. The third kappa shape index (κ3) is 3.51. The van der Waals surface area contributed by atoms with Crippen LogP contribution in [0.1, 0.15) is 6.92 Å². The summed E-state index contributed by atoms with van der Waals surface area (Å²) in [5.41, 5.74) is 1.98. The molecule has 1 aromatic carbocycles. The van der Waals surface area contributed by atoms with E-state index in [0.29, 0.717) is 26.2 Å². The van der Waals surface area contributed by atoms with Crippen molar-refractivity contribution in [2.75, 3.05) is 68.6 Å². The number of rotatable bonds is 3. The molecule has 28 heavy (non-hydrogen) atoms. The number of benzene rings is 1. The second kappa shape index (κ2) is 7.61. The third-order valence-electron chi connectivity index (χ3n) is 6.20. The van der Waals surface area contributed by atoms with Crippen molar-refractivity contribution in [3.63, 3.8) is 0 Å². The summed E-state index contributed by atoms with van der Waals surface area (Å²) in [6, 6.07) is 8.10. The second-order valence-electron chi connectivity index (χ2n) is 8.09. The second-order valence-corrected chi connectivity index (χ2v) is 9.98. The highest BCUT2D eigenvalue weighted by Crippen LogP contribution is 2.55. The Morgan fingerprint density at radius 1 is 1.04 bits per heavy atom. The van der Waals surface area contributed by atoms with Crippen molar-refractivity contribution in [1.29, 1.82) is 5.26 Å². The zero-order valence-electron chi connectivity index (χ0n) is 16.6. The van der Waals surface area contributed by atoms with Gasteiger partial charge in [-0.3, -0.25) is 13.4 Å². The van der Waals surface area contributed by atoms with Crippen molar-refractivity contribution in [3.8, 4) is 6.19 Å². The van der Waals surface area contributed by atoms with Gasteiger partial charge in [0.2, 0.25) is 0 Å². The third-order valence-corrected chi connectivity index (χ3v) is 8.27. The van der Waals surface area contributed by atoms with Crippen molar-refractivity contribution in [2.24, 2.45) is 5.92 Å². The van der Waals surface area contributed by atoms with Crippen molar-refractivity contribution >= 4 is 22.3 Å². The number of nitrogens with zero attached hydrogens (tertiary/aromatic N) is 6. The smallest absolute Gasteiger partial charge is 0.179 e. The molecule has 3 fully saturated rings. The van der Waals surface area contributed by atoms with E-state index in [0.717, 1.165) is 37.6 Å². The van der Waals surface area contributed by atoms with Gasteiger partial charge in [-0.25, -0.2) is 0 Å². The molecule has 0 bridgehead atoms. The fourth-order valence-electron chi connectivity index (χ4n) is 4.49. The molecule has 3 saturated heterocycles. The van der Waals surface area contributed by atoms with Gasteiger partial charge in [-0.15, -0.1) is 0 Å². The minimum atomic E-state index is -3.08. The molecule has 4 rings (SSSR count). The van der Waals surface area contributed by atoms with Crippen LogP contribution < -0.4 is 9.21 Å². The molecule has 0 saturated carbocycles. The van der Waals surface area contributed by atoms with Gasteiger partial charge in [0.1, 0.15) is 0 Å². The first-order chi connectivity index (χ1) is 13.4. The van der Waals surface area contributed by atoms with Crippen molar-refractivity contribution in [1.82, 2.24) is 14.1 Å². The lowest BCUT2D eigenvalue weighted by atomic mass is 10.1. The molecule has 0 aliphatic carbocycles. The van der Waals surface area contributed by atoms with E-state index in [-0.39, 0.29) is 12.0 Å². The Kier molecular flexibility index (Phi) is 5.33. The van der Waals surface area contributed by atoms with Crippen LogP contribution in [-0.4, -0.2) is 88.7 Å². The molecule has 3 heterocycles. The molecule has 2 N–H and O–H groups in total. The van der Waals surface area contributed by atoms with E-state index in [9.17, 15) is 14.4 Å². The van der Waals surface area contributed by atoms with E-state index in [2.05, 4.69) is 42.1 Å². The Balaban J connectivity index is 1.52. The van der Waals surface area contributed by atoms with Crippen LogP contribution in [-0.2, 0) is 0 Å². The summed E-state index contributed by atoms with van der Waals surface area (Å²) in [4.78, 5) is 6.39. The molecule has 0 amide bonds. The summed E-state index contributed by atoms with van der Waals surface area (Å²) < 4.78 is 25.8. The number of nitriles is 1. The van der Waals surface area contributed by atoms with Crippen LogP contribution in [0.4, 0.5) is 11.4 Å². The highest BCUT2D eigenvalue weighted by atomic mass is 32.3. The summed E-state index contributed by atoms with van der Waals surface area (Å²) in [7, 11) is -0.943. The fraction of sp³-hybridized carbons (Fsp3) is 0.632. The molecule has 3 aliphatic rings. The maximum Gasteiger partial charge on any atom is 0.179 e. The molecule has 9 heteroatoms. The van der Waals surface area contributed by atoms with E-state index in [1.807, 2.05) is 16.4 Å². The van der Waals surface area contributed by atoms with Crippen LogP contribution in [0.15, 0.2) is 24.3 Å². The number of likely N-dealkylation sites (tertiary alicyclic amines) is 1. The van der Waals surface area contributed by atoms with Gasteiger partial charge in [-0.2, -0.15) is 9.57 Å². The molecule has 0 unspecified atom stereocenters. The predicted molar refractivity (Wildman–Crippen MR) is 113 cm³/mol. The molecule has 3 aliphatic heterocycles. The molecular formula is C19H30N6O2S. The molecule has 2 atom stereocenters. The highest BCUT2D eigenvalue weighted by Gasteiger charge is 2.46. The Morgan fingerprint density at radius 3 is 2.43 bits per heavy atom. The van der Waals surface area contributed by atoms with Gasteiger partial charge in [0.15, 0.2) is 6.19 Å². The SMILES string of the molecule is C[C@H]1CN(C#N)C[C@@H]1N1CCN(c2cccc(N3CCN(C)CC3)c2)S1(O)O. The average Bonchev–Trinajstić information content (AvgIpc) is 3.20. The highest BCUT2D eigenvalue weighted by molar-refractivity contribution is 8.23. The van der Waals surface area contributed by atoms with Gasteiger partial charge in [0.25, 0.3) is 0 Å².